The van der Waals surface area contributed by atoms with E-state index in [1.807, 2.05) is 5.38 Å². The molecule has 2 aromatic carbocycles. The lowest BCUT2D eigenvalue weighted by Gasteiger charge is -2.03. The minimum atomic E-state index is -2.88. The fourth-order valence-corrected chi connectivity index (χ4v) is 3.92. The van der Waals surface area contributed by atoms with Crippen molar-refractivity contribution >= 4 is 23.1 Å². The first-order valence-corrected chi connectivity index (χ1v) is 10.7. The Morgan fingerprint density at radius 3 is 2.48 bits per heavy atom. The highest BCUT2D eigenvalue weighted by atomic mass is 32.2. The Balaban J connectivity index is 1.29. The Hall–Kier alpha value is -3.05. The highest BCUT2D eigenvalue weighted by Gasteiger charge is 2.12. The number of halogens is 3. The first kappa shape index (κ1) is 21.2. The molecule has 6 nitrogen and oxygen atoms in total. The van der Waals surface area contributed by atoms with Gasteiger partial charge in [0.2, 0.25) is 5.89 Å². The molecule has 0 saturated carbocycles. The van der Waals surface area contributed by atoms with Crippen LogP contribution in [0.25, 0.3) is 11.5 Å². The van der Waals surface area contributed by atoms with Crippen LogP contribution >= 0.6 is 23.1 Å². The van der Waals surface area contributed by atoms with E-state index in [2.05, 4.69) is 19.9 Å². The summed E-state index contributed by atoms with van der Waals surface area (Å²) in [6.45, 7) is -2.59. The Labute approximate surface area is 183 Å². The van der Waals surface area contributed by atoms with E-state index < -0.39 is 6.61 Å². The summed E-state index contributed by atoms with van der Waals surface area (Å²) in [4.78, 5) is 4.49. The van der Waals surface area contributed by atoms with Crippen LogP contribution < -0.4 is 9.47 Å². The number of hydrogen-bond donors (Lipinski definition) is 0. The van der Waals surface area contributed by atoms with Gasteiger partial charge in [0.1, 0.15) is 28.9 Å². The summed E-state index contributed by atoms with van der Waals surface area (Å²) >= 11 is 2.79. The predicted octanol–water partition coefficient (Wildman–Crippen LogP) is 5.80. The number of hydrogen-bond acceptors (Lipinski definition) is 8. The smallest absolute Gasteiger partial charge is 0.387 e. The molecular formula is C20H14F3N3O3S2. The summed E-state index contributed by atoms with van der Waals surface area (Å²) in [7, 11) is 0. The van der Waals surface area contributed by atoms with Gasteiger partial charge in [0, 0.05) is 16.7 Å². The number of alkyl halides is 2. The second-order valence-electron chi connectivity index (χ2n) is 6.04. The number of ether oxygens (including phenoxy) is 2. The van der Waals surface area contributed by atoms with Gasteiger partial charge in [0.25, 0.3) is 5.22 Å². The summed E-state index contributed by atoms with van der Waals surface area (Å²) in [5.41, 5.74) is 1.43. The maximum Gasteiger partial charge on any atom is 0.387 e. The van der Waals surface area contributed by atoms with Crippen molar-refractivity contribution in [1.82, 2.24) is 15.2 Å². The van der Waals surface area contributed by atoms with Crippen molar-refractivity contribution in [3.8, 4) is 23.0 Å². The second-order valence-corrected chi connectivity index (χ2v) is 7.91. The molecular weight excluding hydrogens is 451 g/mol. The zero-order valence-corrected chi connectivity index (χ0v) is 17.3. The molecule has 11 heteroatoms. The third kappa shape index (κ3) is 5.98. The Bertz CT molecular complexity index is 1120. The van der Waals surface area contributed by atoms with Crippen molar-refractivity contribution in [1.29, 1.82) is 0 Å². The number of benzene rings is 2. The van der Waals surface area contributed by atoms with Gasteiger partial charge in [-0.15, -0.1) is 21.5 Å². The minimum absolute atomic E-state index is 0.0515. The highest BCUT2D eigenvalue weighted by Crippen LogP contribution is 2.27. The molecule has 0 amide bonds. The van der Waals surface area contributed by atoms with E-state index in [1.54, 1.807) is 24.3 Å². The first-order chi connectivity index (χ1) is 15.0. The van der Waals surface area contributed by atoms with Crippen molar-refractivity contribution in [2.45, 2.75) is 24.2 Å². The average Bonchev–Trinajstić information content (AvgIpc) is 3.41. The van der Waals surface area contributed by atoms with E-state index in [9.17, 15) is 13.2 Å². The van der Waals surface area contributed by atoms with Crippen molar-refractivity contribution in [2.24, 2.45) is 0 Å². The van der Waals surface area contributed by atoms with Crippen molar-refractivity contribution in [3.63, 3.8) is 0 Å². The van der Waals surface area contributed by atoms with Crippen molar-refractivity contribution in [2.75, 3.05) is 0 Å². The van der Waals surface area contributed by atoms with Gasteiger partial charge < -0.3 is 13.9 Å². The van der Waals surface area contributed by atoms with Crippen LogP contribution in [-0.2, 0) is 12.4 Å². The van der Waals surface area contributed by atoms with Crippen LogP contribution in [0.3, 0.4) is 0 Å². The molecule has 160 valence electrons. The van der Waals surface area contributed by atoms with E-state index in [4.69, 9.17) is 9.15 Å². The maximum absolute atomic E-state index is 12.9. The lowest BCUT2D eigenvalue weighted by atomic mass is 10.2. The number of thioether (sulfide) groups is 1. The normalized spacial score (nSPS) is 11.1. The second kappa shape index (κ2) is 9.84. The van der Waals surface area contributed by atoms with Crippen LogP contribution in [0, 0.1) is 5.82 Å². The Morgan fingerprint density at radius 1 is 1.00 bits per heavy atom. The molecule has 0 N–H and O–H groups in total. The Morgan fingerprint density at radius 2 is 1.74 bits per heavy atom. The summed E-state index contributed by atoms with van der Waals surface area (Å²) in [6, 6.07) is 11.7. The molecule has 4 aromatic rings. The van der Waals surface area contributed by atoms with Crippen LogP contribution in [0.2, 0.25) is 0 Å². The van der Waals surface area contributed by atoms with E-state index in [0.717, 1.165) is 10.7 Å². The summed E-state index contributed by atoms with van der Waals surface area (Å²) in [5, 5.41) is 11.0. The topological polar surface area (TPSA) is 70.3 Å². The van der Waals surface area contributed by atoms with Gasteiger partial charge in [-0.1, -0.05) is 11.8 Å². The lowest BCUT2D eigenvalue weighted by molar-refractivity contribution is -0.0498. The number of aromatic nitrogens is 3. The molecule has 0 spiro atoms. The largest absolute Gasteiger partial charge is 0.486 e. The molecule has 0 fully saturated rings. The molecule has 0 radical (unpaired) electrons. The molecule has 31 heavy (non-hydrogen) atoms. The van der Waals surface area contributed by atoms with Crippen molar-refractivity contribution in [3.05, 3.63) is 70.4 Å². The molecule has 0 aliphatic heterocycles. The molecule has 0 aliphatic carbocycles. The number of nitrogens with zero attached hydrogens (tertiary/aromatic N) is 3. The van der Waals surface area contributed by atoms with Crippen LogP contribution in [0.15, 0.2) is 63.6 Å². The number of rotatable bonds is 9. The molecule has 2 aromatic heterocycles. The first-order valence-electron chi connectivity index (χ1n) is 8.88. The SMILES string of the molecule is Fc1ccc(OCc2nc(CSc3nnc(-c4ccc(OC(F)F)cc4)o3)cs2)cc1. The molecule has 0 unspecified atom stereocenters. The summed E-state index contributed by atoms with van der Waals surface area (Å²) < 4.78 is 52.9. The van der Waals surface area contributed by atoms with E-state index >= 15 is 0 Å². The quantitative estimate of drug-likeness (QED) is 0.289. The zero-order valence-electron chi connectivity index (χ0n) is 15.7. The van der Waals surface area contributed by atoms with Gasteiger partial charge in [0.05, 0.1) is 5.69 Å². The zero-order chi connectivity index (χ0) is 21.6. The third-order valence-electron chi connectivity index (χ3n) is 3.85. The van der Waals surface area contributed by atoms with E-state index in [1.165, 1.54) is 47.4 Å². The highest BCUT2D eigenvalue weighted by molar-refractivity contribution is 7.98. The van der Waals surface area contributed by atoms with E-state index in [0.29, 0.717) is 22.3 Å². The standard InChI is InChI=1S/C20H14F3N3O3S2/c21-13-3-7-15(8-4-13)27-9-17-24-14(10-30-17)11-31-20-26-25-18(29-20)12-1-5-16(6-2-12)28-19(22)23/h1-8,10,19H,9,11H2. The molecule has 2 heterocycles. The maximum atomic E-state index is 12.9. The molecule has 0 atom stereocenters. The van der Waals surface area contributed by atoms with E-state index in [-0.39, 0.29) is 24.1 Å². The van der Waals surface area contributed by atoms with Gasteiger partial charge in [-0.3, -0.25) is 0 Å². The molecule has 0 saturated heterocycles. The minimum Gasteiger partial charge on any atom is -0.486 e. The predicted molar refractivity (Wildman–Crippen MR) is 109 cm³/mol. The van der Waals surface area contributed by atoms with Gasteiger partial charge in [-0.25, -0.2) is 9.37 Å². The summed E-state index contributed by atoms with van der Waals surface area (Å²) in [5.74, 6) is 1.10. The van der Waals surface area contributed by atoms with Crippen molar-refractivity contribution < 1.29 is 27.1 Å². The molecule has 0 bridgehead atoms. The van der Waals surface area contributed by atoms with Gasteiger partial charge in [-0.2, -0.15) is 8.78 Å². The van der Waals surface area contributed by atoms with Gasteiger partial charge in [0.15, 0.2) is 0 Å². The molecule has 0 aliphatic rings. The van der Waals surface area contributed by atoms with Crippen LogP contribution in [0.1, 0.15) is 10.7 Å². The van der Waals surface area contributed by atoms with Crippen LogP contribution in [-0.4, -0.2) is 21.8 Å². The third-order valence-corrected chi connectivity index (χ3v) is 5.57. The summed E-state index contributed by atoms with van der Waals surface area (Å²) in [6.07, 6.45) is 0. The Kier molecular flexibility index (Phi) is 6.73. The van der Waals surface area contributed by atoms with Gasteiger partial charge >= 0.3 is 6.61 Å². The molecule has 4 rings (SSSR count). The average molecular weight is 465 g/mol. The van der Waals surface area contributed by atoms with Crippen LogP contribution in [0.5, 0.6) is 11.5 Å². The fraction of sp³-hybridized carbons (Fsp3) is 0.150. The fourth-order valence-electron chi connectivity index (χ4n) is 2.46. The monoisotopic (exact) mass is 465 g/mol. The van der Waals surface area contributed by atoms with Crippen LogP contribution in [0.4, 0.5) is 13.2 Å². The lowest BCUT2D eigenvalue weighted by Crippen LogP contribution is -2.01. The van der Waals surface area contributed by atoms with Gasteiger partial charge in [-0.05, 0) is 48.5 Å². The number of thiazole rings is 1.